The van der Waals surface area contributed by atoms with Crippen molar-refractivity contribution >= 4 is 5.78 Å². The molecule has 0 aromatic carbocycles. The summed E-state index contributed by atoms with van der Waals surface area (Å²) in [5, 5.41) is 0. The van der Waals surface area contributed by atoms with E-state index in [1.807, 2.05) is 34.0 Å². The van der Waals surface area contributed by atoms with Crippen molar-refractivity contribution in [3.63, 3.8) is 0 Å². The van der Waals surface area contributed by atoms with Crippen LogP contribution in [0.3, 0.4) is 0 Å². The number of methoxy groups -OCH3 is 1. The Bertz CT molecular complexity index is 345. The summed E-state index contributed by atoms with van der Waals surface area (Å²) < 4.78 is 6.94. The fourth-order valence-corrected chi connectivity index (χ4v) is 1.30. The fourth-order valence-electron chi connectivity index (χ4n) is 1.30. The number of aromatic nitrogens is 1. The smallest absolute Gasteiger partial charge is 0.188 e. The highest BCUT2D eigenvalue weighted by atomic mass is 16.5. The maximum absolute atomic E-state index is 12.0. The topological polar surface area (TPSA) is 31.2 Å². The molecule has 1 heterocycles. The van der Waals surface area contributed by atoms with Gasteiger partial charge in [-0.2, -0.15) is 0 Å². The van der Waals surface area contributed by atoms with Gasteiger partial charge in [0.2, 0.25) is 0 Å². The first-order valence-corrected chi connectivity index (χ1v) is 4.62. The van der Waals surface area contributed by atoms with Crippen molar-refractivity contribution in [1.29, 1.82) is 0 Å². The molecule has 0 fully saturated rings. The van der Waals surface area contributed by atoms with Gasteiger partial charge in [0.15, 0.2) is 5.78 Å². The van der Waals surface area contributed by atoms with Gasteiger partial charge in [-0.1, -0.05) is 20.8 Å². The van der Waals surface area contributed by atoms with Gasteiger partial charge in [0.25, 0.3) is 0 Å². The molecule has 3 nitrogen and oxygen atoms in total. The lowest BCUT2D eigenvalue weighted by molar-refractivity contribution is 0.0846. The molecule has 0 aliphatic carbocycles. The molecule has 0 atom stereocenters. The minimum Gasteiger partial charge on any atom is -0.494 e. The zero-order valence-corrected chi connectivity index (χ0v) is 9.42. The van der Waals surface area contributed by atoms with Gasteiger partial charge in [-0.25, -0.2) is 0 Å². The van der Waals surface area contributed by atoms with Crippen LogP contribution in [0.4, 0.5) is 0 Å². The molecule has 0 aliphatic rings. The van der Waals surface area contributed by atoms with E-state index in [0.717, 1.165) is 0 Å². The summed E-state index contributed by atoms with van der Waals surface area (Å²) in [6.45, 7) is 5.71. The zero-order chi connectivity index (χ0) is 10.9. The Morgan fingerprint density at radius 1 is 1.43 bits per heavy atom. The zero-order valence-electron chi connectivity index (χ0n) is 9.42. The Morgan fingerprint density at radius 3 is 2.43 bits per heavy atom. The van der Waals surface area contributed by atoms with E-state index in [2.05, 4.69) is 0 Å². The summed E-state index contributed by atoms with van der Waals surface area (Å²) in [4.78, 5) is 12.0. The number of rotatable bonds is 2. The number of ketones is 1. The molecular weight excluding hydrogens is 178 g/mol. The van der Waals surface area contributed by atoms with E-state index in [1.165, 1.54) is 0 Å². The van der Waals surface area contributed by atoms with E-state index < -0.39 is 0 Å². The first-order chi connectivity index (χ1) is 6.38. The lowest BCUT2D eigenvalue weighted by Gasteiger charge is -2.17. The van der Waals surface area contributed by atoms with Crippen LogP contribution in [0.1, 0.15) is 31.3 Å². The van der Waals surface area contributed by atoms with E-state index in [1.54, 1.807) is 17.7 Å². The van der Waals surface area contributed by atoms with Crippen LogP contribution in [-0.2, 0) is 7.05 Å². The van der Waals surface area contributed by atoms with Crippen LogP contribution in [0.5, 0.6) is 5.75 Å². The number of carbonyl (C=O) groups excluding carboxylic acids is 1. The summed E-state index contributed by atoms with van der Waals surface area (Å²) in [6.07, 6.45) is 1.83. The summed E-state index contributed by atoms with van der Waals surface area (Å²) in [6, 6.07) is 1.80. The summed E-state index contributed by atoms with van der Waals surface area (Å²) in [5.74, 6) is 0.745. The predicted octanol–water partition coefficient (Wildman–Crippen LogP) is 2.26. The second-order valence-electron chi connectivity index (χ2n) is 4.42. The Kier molecular flexibility index (Phi) is 2.69. The van der Waals surface area contributed by atoms with Gasteiger partial charge in [-0.05, 0) is 6.07 Å². The van der Waals surface area contributed by atoms with Gasteiger partial charge in [0.05, 0.1) is 7.11 Å². The average molecular weight is 195 g/mol. The van der Waals surface area contributed by atoms with Crippen molar-refractivity contribution in [1.82, 2.24) is 4.57 Å². The van der Waals surface area contributed by atoms with Crippen LogP contribution in [0.15, 0.2) is 12.3 Å². The quantitative estimate of drug-likeness (QED) is 0.678. The summed E-state index contributed by atoms with van der Waals surface area (Å²) in [7, 11) is 3.43. The first-order valence-electron chi connectivity index (χ1n) is 4.62. The van der Waals surface area contributed by atoms with Crippen molar-refractivity contribution in [2.45, 2.75) is 20.8 Å². The number of hydrogen-bond acceptors (Lipinski definition) is 2. The molecule has 0 aliphatic heterocycles. The first kappa shape index (κ1) is 10.8. The standard InChI is InChI=1S/C11H17NO2/c1-11(2,3)10(13)9-8(14-5)6-7-12(9)4/h6-7H,1-5H3. The normalized spacial score (nSPS) is 11.5. The SMILES string of the molecule is COc1ccn(C)c1C(=O)C(C)(C)C. The highest BCUT2D eigenvalue weighted by Gasteiger charge is 2.27. The summed E-state index contributed by atoms with van der Waals surface area (Å²) in [5.41, 5.74) is 0.263. The fraction of sp³-hybridized carbons (Fsp3) is 0.545. The number of Topliss-reactive ketones (excluding diaryl/α,β-unsaturated/α-hetero) is 1. The van der Waals surface area contributed by atoms with Gasteiger partial charge >= 0.3 is 0 Å². The molecule has 0 unspecified atom stereocenters. The number of hydrogen-bond donors (Lipinski definition) is 0. The predicted molar refractivity (Wildman–Crippen MR) is 55.8 cm³/mol. The third kappa shape index (κ3) is 1.81. The Balaban J connectivity index is 3.18. The number of aryl methyl sites for hydroxylation is 1. The van der Waals surface area contributed by atoms with E-state index >= 15 is 0 Å². The largest absolute Gasteiger partial charge is 0.494 e. The molecule has 0 spiro atoms. The van der Waals surface area contributed by atoms with Crippen LogP contribution in [0, 0.1) is 5.41 Å². The molecular formula is C11H17NO2. The molecule has 0 saturated carbocycles. The average Bonchev–Trinajstić information content (AvgIpc) is 2.43. The minimum atomic E-state index is -0.376. The second kappa shape index (κ2) is 3.48. The second-order valence-corrected chi connectivity index (χ2v) is 4.42. The van der Waals surface area contributed by atoms with Crippen molar-refractivity contribution in [2.75, 3.05) is 7.11 Å². The highest BCUT2D eigenvalue weighted by molar-refractivity contribution is 6.00. The number of carbonyl (C=O) groups is 1. The van der Waals surface area contributed by atoms with Crippen LogP contribution >= 0.6 is 0 Å². The molecule has 0 bridgehead atoms. The van der Waals surface area contributed by atoms with Gasteiger partial charge in [0.1, 0.15) is 11.4 Å². The molecule has 0 N–H and O–H groups in total. The maximum atomic E-state index is 12.0. The molecule has 1 aromatic heterocycles. The Labute approximate surface area is 84.7 Å². The van der Waals surface area contributed by atoms with Gasteiger partial charge in [-0.3, -0.25) is 4.79 Å². The Morgan fingerprint density at radius 2 is 2.00 bits per heavy atom. The molecule has 78 valence electrons. The third-order valence-electron chi connectivity index (χ3n) is 2.15. The maximum Gasteiger partial charge on any atom is 0.188 e. The van der Waals surface area contributed by atoms with E-state index in [4.69, 9.17) is 4.74 Å². The molecule has 3 heteroatoms. The van der Waals surface area contributed by atoms with E-state index in [-0.39, 0.29) is 11.2 Å². The Hall–Kier alpha value is -1.25. The number of nitrogens with zero attached hydrogens (tertiary/aromatic N) is 1. The van der Waals surface area contributed by atoms with E-state index in [0.29, 0.717) is 11.4 Å². The molecule has 0 saturated heterocycles. The van der Waals surface area contributed by atoms with Crippen molar-refractivity contribution in [3.05, 3.63) is 18.0 Å². The molecule has 0 amide bonds. The van der Waals surface area contributed by atoms with Crippen LogP contribution in [-0.4, -0.2) is 17.5 Å². The lowest BCUT2D eigenvalue weighted by Crippen LogP contribution is -2.23. The minimum absolute atomic E-state index is 0.0989. The molecule has 14 heavy (non-hydrogen) atoms. The molecule has 1 aromatic rings. The summed E-state index contributed by atoms with van der Waals surface area (Å²) >= 11 is 0. The van der Waals surface area contributed by atoms with Crippen molar-refractivity contribution in [2.24, 2.45) is 12.5 Å². The molecule has 0 radical (unpaired) electrons. The van der Waals surface area contributed by atoms with Crippen LogP contribution < -0.4 is 4.74 Å². The monoisotopic (exact) mass is 195 g/mol. The van der Waals surface area contributed by atoms with Crippen molar-refractivity contribution in [3.8, 4) is 5.75 Å². The number of ether oxygens (including phenoxy) is 1. The van der Waals surface area contributed by atoms with Gasteiger partial charge < -0.3 is 9.30 Å². The molecule has 1 rings (SSSR count). The van der Waals surface area contributed by atoms with Crippen LogP contribution in [0.2, 0.25) is 0 Å². The van der Waals surface area contributed by atoms with E-state index in [9.17, 15) is 4.79 Å². The van der Waals surface area contributed by atoms with Crippen molar-refractivity contribution < 1.29 is 9.53 Å². The van der Waals surface area contributed by atoms with Gasteiger partial charge in [0, 0.05) is 18.7 Å². The third-order valence-corrected chi connectivity index (χ3v) is 2.15. The highest BCUT2D eigenvalue weighted by Crippen LogP contribution is 2.27. The van der Waals surface area contributed by atoms with Gasteiger partial charge in [-0.15, -0.1) is 0 Å². The lowest BCUT2D eigenvalue weighted by atomic mass is 9.89. The van der Waals surface area contributed by atoms with Crippen LogP contribution in [0.25, 0.3) is 0 Å².